The van der Waals surface area contributed by atoms with Crippen LogP contribution in [0.3, 0.4) is 0 Å². The van der Waals surface area contributed by atoms with E-state index >= 15 is 0 Å². The van der Waals surface area contributed by atoms with Crippen molar-refractivity contribution >= 4 is 29.2 Å². The van der Waals surface area contributed by atoms with Crippen molar-refractivity contribution in [2.75, 3.05) is 25.1 Å². The van der Waals surface area contributed by atoms with E-state index in [2.05, 4.69) is 12.2 Å². The minimum Gasteiger partial charge on any atom is -0.479 e. The molecule has 0 radical (unpaired) electrons. The highest BCUT2D eigenvalue weighted by Gasteiger charge is 2.12. The van der Waals surface area contributed by atoms with Crippen LogP contribution in [-0.4, -0.2) is 31.8 Å². The number of unbranched alkanes of at least 4 members (excludes halogenated alkanes) is 11. The predicted molar refractivity (Wildman–Crippen MR) is 143 cm³/mol. The summed E-state index contributed by atoms with van der Waals surface area (Å²) >= 11 is 6.26. The number of halogens is 1. The molecule has 0 amide bonds. The van der Waals surface area contributed by atoms with Gasteiger partial charge in [-0.15, -0.1) is 0 Å². The molecule has 1 rings (SSSR count). The van der Waals surface area contributed by atoms with Crippen LogP contribution in [0.25, 0.3) is 0 Å². The van der Waals surface area contributed by atoms with Crippen molar-refractivity contribution in [1.82, 2.24) is 0 Å². The smallest absolute Gasteiger partial charge is 0.338 e. The number of anilines is 1. The highest BCUT2D eigenvalue weighted by atomic mass is 35.5. The first-order valence-corrected chi connectivity index (χ1v) is 13.6. The van der Waals surface area contributed by atoms with E-state index in [0.29, 0.717) is 29.5 Å². The van der Waals surface area contributed by atoms with Crippen molar-refractivity contribution in [3.8, 4) is 0 Å². The summed E-state index contributed by atoms with van der Waals surface area (Å²) in [6.07, 6.45) is 16.3. The molecule has 0 atom stereocenters. The molecular formula is C28H44ClNO5. The first-order valence-electron chi connectivity index (χ1n) is 13.3. The van der Waals surface area contributed by atoms with Gasteiger partial charge in [0.05, 0.1) is 42.2 Å². The lowest BCUT2D eigenvalue weighted by atomic mass is 10.1. The topological polar surface area (TPSA) is 73.9 Å². The van der Waals surface area contributed by atoms with E-state index in [1.807, 2.05) is 0 Å². The first-order chi connectivity index (χ1) is 17.0. The Kier molecular flexibility index (Phi) is 17.6. The van der Waals surface area contributed by atoms with Crippen LogP contribution in [0.4, 0.5) is 5.69 Å². The van der Waals surface area contributed by atoms with Crippen LogP contribution in [0.15, 0.2) is 30.2 Å². The van der Waals surface area contributed by atoms with Gasteiger partial charge >= 0.3 is 11.9 Å². The number of hydrogen-bond donors (Lipinski definition) is 1. The van der Waals surface area contributed by atoms with Crippen LogP contribution in [-0.2, 0) is 19.0 Å². The molecule has 1 aromatic rings. The van der Waals surface area contributed by atoms with Gasteiger partial charge in [-0.05, 0) is 38.5 Å². The van der Waals surface area contributed by atoms with E-state index in [-0.39, 0.29) is 12.5 Å². The van der Waals surface area contributed by atoms with Crippen molar-refractivity contribution in [2.45, 2.75) is 97.8 Å². The summed E-state index contributed by atoms with van der Waals surface area (Å²) in [5.41, 5.74) is 0.818. The molecule has 7 heteroatoms. The maximum absolute atomic E-state index is 12.5. The summed E-state index contributed by atoms with van der Waals surface area (Å²) in [4.78, 5) is 24.2. The Balaban J connectivity index is 2.35. The molecule has 0 heterocycles. The van der Waals surface area contributed by atoms with Crippen LogP contribution >= 0.6 is 11.6 Å². The molecule has 0 aliphatic rings. The fourth-order valence-electron chi connectivity index (χ4n) is 3.63. The van der Waals surface area contributed by atoms with Crippen LogP contribution in [0.2, 0.25) is 5.02 Å². The Labute approximate surface area is 216 Å². The van der Waals surface area contributed by atoms with Gasteiger partial charge in [0.1, 0.15) is 0 Å². The SMILES string of the molecule is CCCCCCCCCCCCCCOC(=O)c1ccc(Cl)c(N/C(=C/C(=O)OCC)OCC)c1. The summed E-state index contributed by atoms with van der Waals surface area (Å²) in [7, 11) is 0. The predicted octanol–water partition coefficient (Wildman–Crippen LogP) is 8.05. The summed E-state index contributed by atoms with van der Waals surface area (Å²) in [5, 5.41) is 3.33. The molecule has 0 aliphatic heterocycles. The van der Waals surface area contributed by atoms with Crippen molar-refractivity contribution in [3.05, 3.63) is 40.7 Å². The molecule has 0 aliphatic carbocycles. The molecule has 0 spiro atoms. The zero-order valence-electron chi connectivity index (χ0n) is 21.8. The molecule has 0 bridgehead atoms. The summed E-state index contributed by atoms with van der Waals surface area (Å²) in [6.45, 7) is 6.77. The highest BCUT2D eigenvalue weighted by Crippen LogP contribution is 2.25. The zero-order valence-corrected chi connectivity index (χ0v) is 22.6. The zero-order chi connectivity index (χ0) is 25.7. The van der Waals surface area contributed by atoms with E-state index < -0.39 is 11.9 Å². The van der Waals surface area contributed by atoms with Crippen molar-refractivity contribution in [1.29, 1.82) is 0 Å². The standard InChI is InChI=1S/C28H44ClNO5/c1-4-7-8-9-10-11-12-13-14-15-16-17-20-35-28(32)23-18-19-24(29)25(21-23)30-26(33-5-2)22-27(31)34-6-3/h18-19,21-22,30H,4-17,20H2,1-3H3/b26-22-. The second kappa shape index (κ2) is 20.0. The lowest BCUT2D eigenvalue weighted by Crippen LogP contribution is -2.11. The maximum atomic E-state index is 12.5. The Morgan fingerprint density at radius 2 is 1.37 bits per heavy atom. The molecule has 6 nitrogen and oxygen atoms in total. The van der Waals surface area contributed by atoms with Crippen molar-refractivity contribution < 1.29 is 23.8 Å². The van der Waals surface area contributed by atoms with Gasteiger partial charge in [-0.3, -0.25) is 0 Å². The first kappa shape index (κ1) is 30.8. The van der Waals surface area contributed by atoms with Crippen molar-refractivity contribution in [2.24, 2.45) is 0 Å². The van der Waals surface area contributed by atoms with Crippen LogP contribution in [0, 0.1) is 0 Å². The second-order valence-electron chi connectivity index (χ2n) is 8.54. The molecule has 35 heavy (non-hydrogen) atoms. The van der Waals surface area contributed by atoms with Gasteiger partial charge in [0.2, 0.25) is 0 Å². The number of ether oxygens (including phenoxy) is 3. The average Bonchev–Trinajstić information content (AvgIpc) is 2.83. The third-order valence-corrected chi connectivity index (χ3v) is 5.86. The largest absolute Gasteiger partial charge is 0.479 e. The van der Waals surface area contributed by atoms with Gasteiger partial charge in [0.25, 0.3) is 0 Å². The maximum Gasteiger partial charge on any atom is 0.338 e. The lowest BCUT2D eigenvalue weighted by molar-refractivity contribution is -0.137. The summed E-state index contributed by atoms with van der Waals surface area (Å²) < 4.78 is 15.8. The molecule has 1 N–H and O–H groups in total. The number of rotatable bonds is 20. The second-order valence-corrected chi connectivity index (χ2v) is 8.95. The van der Waals surface area contributed by atoms with Gasteiger partial charge in [0.15, 0.2) is 5.88 Å². The minimum absolute atomic E-state index is 0.190. The Bertz CT molecular complexity index is 766. The van der Waals surface area contributed by atoms with Gasteiger partial charge in [-0.1, -0.05) is 89.2 Å². The lowest BCUT2D eigenvalue weighted by Gasteiger charge is -2.14. The number of nitrogens with one attached hydrogen (secondary N) is 1. The molecule has 0 saturated heterocycles. The van der Waals surface area contributed by atoms with Gasteiger partial charge in [-0.25, -0.2) is 9.59 Å². The number of hydrogen-bond acceptors (Lipinski definition) is 6. The van der Waals surface area contributed by atoms with Gasteiger partial charge in [0, 0.05) is 0 Å². The molecule has 0 aromatic heterocycles. The number of carbonyl (C=O) groups excluding carboxylic acids is 2. The van der Waals surface area contributed by atoms with E-state index in [0.717, 1.165) is 12.8 Å². The number of carbonyl (C=O) groups is 2. The van der Waals surface area contributed by atoms with Crippen LogP contribution in [0.5, 0.6) is 0 Å². The third-order valence-electron chi connectivity index (χ3n) is 5.53. The molecule has 1 aromatic carbocycles. The average molecular weight is 510 g/mol. The molecule has 0 saturated carbocycles. The quantitative estimate of drug-likeness (QED) is 0.0829. The van der Waals surface area contributed by atoms with E-state index in [1.54, 1.807) is 32.0 Å². The monoisotopic (exact) mass is 509 g/mol. The molecule has 0 fully saturated rings. The Morgan fingerprint density at radius 3 is 1.94 bits per heavy atom. The normalized spacial score (nSPS) is 11.3. The Hall–Kier alpha value is -2.21. The van der Waals surface area contributed by atoms with Gasteiger partial charge in [-0.2, -0.15) is 0 Å². The van der Waals surface area contributed by atoms with Crippen molar-refractivity contribution in [3.63, 3.8) is 0 Å². The fourth-order valence-corrected chi connectivity index (χ4v) is 3.80. The van der Waals surface area contributed by atoms with Crippen LogP contribution in [0.1, 0.15) is 108 Å². The number of esters is 2. The highest BCUT2D eigenvalue weighted by molar-refractivity contribution is 6.33. The van der Waals surface area contributed by atoms with Crippen LogP contribution < -0.4 is 5.32 Å². The molecule has 198 valence electrons. The number of benzene rings is 1. The Morgan fingerprint density at radius 1 is 0.800 bits per heavy atom. The summed E-state index contributed by atoms with van der Waals surface area (Å²) in [5.74, 6) is -0.743. The minimum atomic E-state index is -0.530. The molecule has 0 unspecified atom stereocenters. The van der Waals surface area contributed by atoms with E-state index in [1.165, 1.54) is 70.3 Å². The summed E-state index contributed by atoms with van der Waals surface area (Å²) in [6, 6.07) is 4.82. The van der Waals surface area contributed by atoms with E-state index in [4.69, 9.17) is 25.8 Å². The third kappa shape index (κ3) is 14.7. The fraction of sp³-hybridized carbons (Fsp3) is 0.643. The molecular weight excluding hydrogens is 466 g/mol. The van der Waals surface area contributed by atoms with E-state index in [9.17, 15) is 9.59 Å². The van der Waals surface area contributed by atoms with Gasteiger partial charge < -0.3 is 19.5 Å².